The molecule has 4 heteroatoms. The van der Waals surface area contributed by atoms with Crippen molar-refractivity contribution in [1.82, 2.24) is 5.32 Å². The summed E-state index contributed by atoms with van der Waals surface area (Å²) in [5, 5.41) is 3.07. The third-order valence-corrected chi connectivity index (χ3v) is 4.45. The predicted octanol–water partition coefficient (Wildman–Crippen LogP) is 3.06. The van der Waals surface area contributed by atoms with Crippen LogP contribution in [0.5, 0.6) is 0 Å². The monoisotopic (exact) mass is 281 g/mol. The van der Waals surface area contributed by atoms with Crippen molar-refractivity contribution in [3.05, 3.63) is 21.9 Å². The van der Waals surface area contributed by atoms with E-state index in [1.54, 1.807) is 11.3 Å². The number of hydrogen-bond acceptors (Lipinski definition) is 3. The molecule has 1 aliphatic heterocycles. The average molecular weight is 281 g/mol. The van der Waals surface area contributed by atoms with Gasteiger partial charge in [-0.1, -0.05) is 0 Å². The fourth-order valence-corrected chi connectivity index (χ4v) is 3.48. The van der Waals surface area contributed by atoms with Crippen LogP contribution in [0.2, 0.25) is 0 Å². The topological polar surface area (TPSA) is 38.3 Å². The highest BCUT2D eigenvalue weighted by atomic mass is 32.1. The van der Waals surface area contributed by atoms with Crippen LogP contribution in [0.4, 0.5) is 0 Å². The van der Waals surface area contributed by atoms with E-state index in [-0.39, 0.29) is 11.9 Å². The van der Waals surface area contributed by atoms with Crippen LogP contribution >= 0.6 is 11.3 Å². The van der Waals surface area contributed by atoms with Crippen molar-refractivity contribution >= 4 is 17.2 Å². The van der Waals surface area contributed by atoms with Crippen LogP contribution in [-0.4, -0.2) is 24.7 Å². The third kappa shape index (κ3) is 4.96. The lowest BCUT2D eigenvalue weighted by molar-refractivity contribution is -0.122. The fraction of sp³-hybridized carbons (Fsp3) is 0.667. The highest BCUT2D eigenvalue weighted by Crippen LogP contribution is 2.18. The number of ether oxygens (including phenoxy) is 1. The average Bonchev–Trinajstić information content (AvgIpc) is 2.98. The molecule has 19 heavy (non-hydrogen) atoms. The first-order chi connectivity index (χ1) is 9.13. The van der Waals surface area contributed by atoms with E-state index < -0.39 is 0 Å². The van der Waals surface area contributed by atoms with Gasteiger partial charge in [-0.25, -0.2) is 0 Å². The quantitative estimate of drug-likeness (QED) is 0.870. The van der Waals surface area contributed by atoms with Gasteiger partial charge in [-0.05, 0) is 45.2 Å². The second-order valence-corrected chi connectivity index (χ2v) is 6.73. The first kappa shape index (κ1) is 14.5. The van der Waals surface area contributed by atoms with Crippen LogP contribution in [0.25, 0.3) is 0 Å². The van der Waals surface area contributed by atoms with Gasteiger partial charge in [-0.15, -0.1) is 11.3 Å². The summed E-state index contributed by atoms with van der Waals surface area (Å²) in [4.78, 5) is 14.5. The normalized spacial score (nSPS) is 20.4. The van der Waals surface area contributed by atoms with Gasteiger partial charge in [-0.3, -0.25) is 4.79 Å². The molecule has 2 rings (SSSR count). The largest absolute Gasteiger partial charge is 0.378 e. The van der Waals surface area contributed by atoms with Crippen LogP contribution < -0.4 is 5.32 Å². The lowest BCUT2D eigenvalue weighted by Gasteiger charge is -2.14. The Morgan fingerprint density at radius 2 is 2.42 bits per heavy atom. The summed E-state index contributed by atoms with van der Waals surface area (Å²) < 4.78 is 5.53. The summed E-state index contributed by atoms with van der Waals surface area (Å²) in [6.07, 6.45) is 4.91. The molecule has 1 saturated heterocycles. The molecule has 2 atom stereocenters. The van der Waals surface area contributed by atoms with E-state index in [4.69, 9.17) is 4.74 Å². The van der Waals surface area contributed by atoms with Gasteiger partial charge in [0.2, 0.25) is 5.91 Å². The molecular formula is C15H23NO2S. The summed E-state index contributed by atoms with van der Waals surface area (Å²) in [5.41, 5.74) is 0. The standard InChI is InChI=1S/C15H23NO2S/c1-11(10-14-7-5-12(2)19-14)16-15(17)8-6-13-4-3-9-18-13/h5,7,11,13H,3-4,6,8-10H2,1-2H3,(H,16,17)/t11-,13+/m1/s1. The summed E-state index contributed by atoms with van der Waals surface area (Å²) in [7, 11) is 0. The zero-order chi connectivity index (χ0) is 13.7. The maximum atomic E-state index is 11.8. The lowest BCUT2D eigenvalue weighted by atomic mass is 10.1. The molecule has 3 nitrogen and oxygen atoms in total. The predicted molar refractivity (Wildman–Crippen MR) is 78.6 cm³/mol. The molecule has 0 aliphatic carbocycles. The van der Waals surface area contributed by atoms with Gasteiger partial charge in [0.05, 0.1) is 6.10 Å². The first-order valence-corrected chi connectivity index (χ1v) is 7.91. The second kappa shape index (κ2) is 7.06. The van der Waals surface area contributed by atoms with Gasteiger partial charge < -0.3 is 10.1 Å². The molecule has 1 aromatic rings. The Morgan fingerprint density at radius 1 is 1.58 bits per heavy atom. The molecule has 106 valence electrons. The molecule has 0 aromatic carbocycles. The summed E-state index contributed by atoms with van der Waals surface area (Å²) in [6, 6.07) is 4.48. The van der Waals surface area contributed by atoms with Gasteiger partial charge in [0.15, 0.2) is 0 Å². The molecule has 1 aliphatic rings. The smallest absolute Gasteiger partial charge is 0.220 e. The summed E-state index contributed by atoms with van der Waals surface area (Å²) in [5.74, 6) is 0.149. The van der Waals surface area contributed by atoms with Crippen molar-refractivity contribution in [2.24, 2.45) is 0 Å². The van der Waals surface area contributed by atoms with E-state index in [1.807, 2.05) is 0 Å². The van der Waals surface area contributed by atoms with E-state index in [1.165, 1.54) is 9.75 Å². The van der Waals surface area contributed by atoms with Gasteiger partial charge in [0.1, 0.15) is 0 Å². The molecule has 0 radical (unpaired) electrons. The number of carbonyl (C=O) groups excluding carboxylic acids is 1. The molecule has 1 aromatic heterocycles. The third-order valence-electron chi connectivity index (χ3n) is 3.43. The van der Waals surface area contributed by atoms with Crippen molar-refractivity contribution in [3.63, 3.8) is 0 Å². The van der Waals surface area contributed by atoms with Crippen molar-refractivity contribution < 1.29 is 9.53 Å². The number of carbonyl (C=O) groups is 1. The number of aryl methyl sites for hydroxylation is 1. The summed E-state index contributed by atoms with van der Waals surface area (Å²) >= 11 is 1.81. The van der Waals surface area contributed by atoms with E-state index >= 15 is 0 Å². The number of rotatable bonds is 6. The van der Waals surface area contributed by atoms with Crippen molar-refractivity contribution in [2.45, 2.75) is 58.1 Å². The number of nitrogens with one attached hydrogen (secondary N) is 1. The Labute approximate surface area is 119 Å². The molecule has 0 bridgehead atoms. The van der Waals surface area contributed by atoms with Crippen LogP contribution in [-0.2, 0) is 16.0 Å². The lowest BCUT2D eigenvalue weighted by Crippen LogP contribution is -2.34. The summed E-state index contributed by atoms with van der Waals surface area (Å²) in [6.45, 7) is 5.04. The van der Waals surface area contributed by atoms with Gasteiger partial charge in [-0.2, -0.15) is 0 Å². The second-order valence-electron chi connectivity index (χ2n) is 5.36. The molecule has 1 N–H and O–H groups in total. The molecule has 0 saturated carbocycles. The number of thiophene rings is 1. The van der Waals surface area contributed by atoms with E-state index in [9.17, 15) is 4.79 Å². The number of amides is 1. The molecule has 1 amide bonds. The highest BCUT2D eigenvalue weighted by molar-refractivity contribution is 7.11. The van der Waals surface area contributed by atoms with Crippen LogP contribution in [0, 0.1) is 6.92 Å². The Hall–Kier alpha value is -0.870. The van der Waals surface area contributed by atoms with Crippen LogP contribution in [0.1, 0.15) is 42.4 Å². The maximum absolute atomic E-state index is 11.8. The van der Waals surface area contributed by atoms with Crippen molar-refractivity contribution in [1.29, 1.82) is 0 Å². The van der Waals surface area contributed by atoms with Gasteiger partial charge in [0.25, 0.3) is 0 Å². The maximum Gasteiger partial charge on any atom is 0.220 e. The zero-order valence-electron chi connectivity index (χ0n) is 11.8. The first-order valence-electron chi connectivity index (χ1n) is 7.10. The van der Waals surface area contributed by atoms with Crippen LogP contribution in [0.3, 0.4) is 0 Å². The molecular weight excluding hydrogens is 258 g/mol. The molecule has 0 spiro atoms. The molecule has 2 heterocycles. The van der Waals surface area contributed by atoms with E-state index in [2.05, 4.69) is 31.3 Å². The van der Waals surface area contributed by atoms with E-state index in [0.717, 1.165) is 32.3 Å². The minimum atomic E-state index is 0.149. The minimum absolute atomic E-state index is 0.149. The van der Waals surface area contributed by atoms with E-state index in [0.29, 0.717) is 12.5 Å². The highest BCUT2D eigenvalue weighted by Gasteiger charge is 2.17. The fourth-order valence-electron chi connectivity index (χ4n) is 2.46. The van der Waals surface area contributed by atoms with Gasteiger partial charge in [0, 0.05) is 35.2 Å². The van der Waals surface area contributed by atoms with Crippen molar-refractivity contribution in [2.75, 3.05) is 6.61 Å². The number of hydrogen-bond donors (Lipinski definition) is 1. The van der Waals surface area contributed by atoms with Gasteiger partial charge >= 0.3 is 0 Å². The Balaban J connectivity index is 1.66. The molecule has 1 fully saturated rings. The molecule has 0 unspecified atom stereocenters. The minimum Gasteiger partial charge on any atom is -0.378 e. The van der Waals surface area contributed by atoms with Crippen LogP contribution in [0.15, 0.2) is 12.1 Å². The van der Waals surface area contributed by atoms with Crippen molar-refractivity contribution in [3.8, 4) is 0 Å². The Kier molecular flexibility index (Phi) is 5.40. The Bertz CT molecular complexity index is 410. The Morgan fingerprint density at radius 3 is 3.05 bits per heavy atom. The zero-order valence-corrected chi connectivity index (χ0v) is 12.6. The SMILES string of the molecule is Cc1ccc(C[C@@H](C)NC(=O)CC[C@@H]2CCCO2)s1.